The fourth-order valence-electron chi connectivity index (χ4n) is 3.49. The van der Waals surface area contributed by atoms with Crippen molar-refractivity contribution < 1.29 is 9.47 Å². The van der Waals surface area contributed by atoms with Crippen LogP contribution in [0.15, 0.2) is 67.0 Å². The zero-order valence-corrected chi connectivity index (χ0v) is 15.6. The lowest BCUT2D eigenvalue weighted by molar-refractivity contribution is -0.0305. The summed E-state index contributed by atoms with van der Waals surface area (Å²) in [5.41, 5.74) is 3.59. The number of morpholine rings is 1. The molecule has 0 bridgehead atoms. The summed E-state index contributed by atoms with van der Waals surface area (Å²) < 4.78 is 13.2. The first-order valence-electron chi connectivity index (χ1n) is 9.36. The summed E-state index contributed by atoms with van der Waals surface area (Å²) in [5.74, 6) is 0.889. The van der Waals surface area contributed by atoms with Gasteiger partial charge in [0, 0.05) is 31.4 Å². The van der Waals surface area contributed by atoms with Crippen LogP contribution in [-0.4, -0.2) is 47.6 Å². The Morgan fingerprint density at radius 1 is 1.07 bits per heavy atom. The molecule has 1 atom stereocenters. The van der Waals surface area contributed by atoms with Crippen LogP contribution < -0.4 is 4.74 Å². The highest BCUT2D eigenvalue weighted by Gasteiger charge is 2.21. The van der Waals surface area contributed by atoms with Crippen molar-refractivity contribution in [1.29, 1.82) is 0 Å². The van der Waals surface area contributed by atoms with Gasteiger partial charge in [0.1, 0.15) is 5.75 Å². The Balaban J connectivity index is 1.35. The van der Waals surface area contributed by atoms with Crippen LogP contribution in [0.4, 0.5) is 0 Å². The lowest BCUT2D eigenvalue weighted by atomic mass is 10.1. The Morgan fingerprint density at radius 3 is 2.67 bits per heavy atom. The highest BCUT2D eigenvalue weighted by Crippen LogP contribution is 2.17. The van der Waals surface area contributed by atoms with Gasteiger partial charge in [-0.05, 0) is 36.2 Å². The number of hydrogen-bond donors (Lipinski definition) is 0. The molecule has 140 valence electrons. The van der Waals surface area contributed by atoms with E-state index in [2.05, 4.69) is 40.5 Å². The number of benzene rings is 2. The van der Waals surface area contributed by atoms with Crippen molar-refractivity contribution in [2.75, 3.05) is 26.8 Å². The average molecular weight is 363 g/mol. The molecule has 1 aliphatic rings. The third kappa shape index (κ3) is 4.56. The Kier molecular flexibility index (Phi) is 5.51. The summed E-state index contributed by atoms with van der Waals surface area (Å²) in [6.45, 7) is 3.56. The van der Waals surface area contributed by atoms with Crippen LogP contribution in [0, 0.1) is 0 Å². The van der Waals surface area contributed by atoms with Crippen molar-refractivity contribution >= 4 is 0 Å². The van der Waals surface area contributed by atoms with Crippen LogP contribution in [-0.2, 0) is 17.7 Å². The van der Waals surface area contributed by atoms with Gasteiger partial charge in [0.15, 0.2) is 0 Å². The van der Waals surface area contributed by atoms with Gasteiger partial charge in [-0.2, -0.15) is 5.10 Å². The number of rotatable bonds is 6. The lowest BCUT2D eigenvalue weighted by Crippen LogP contribution is -2.42. The molecule has 3 aromatic rings. The molecule has 1 saturated heterocycles. The second kappa shape index (κ2) is 8.37. The minimum atomic E-state index is 0.219. The third-order valence-electron chi connectivity index (χ3n) is 4.91. The van der Waals surface area contributed by atoms with E-state index in [0.717, 1.165) is 44.1 Å². The van der Waals surface area contributed by atoms with E-state index in [-0.39, 0.29) is 6.10 Å². The SMILES string of the molecule is COc1ccc(C[C@@H]2CN(Cc3cnn(-c4ccccc4)c3)CCO2)cc1. The molecule has 1 aliphatic heterocycles. The highest BCUT2D eigenvalue weighted by atomic mass is 16.5. The Labute approximate surface area is 160 Å². The van der Waals surface area contributed by atoms with Gasteiger partial charge < -0.3 is 9.47 Å². The molecule has 0 unspecified atom stereocenters. The largest absolute Gasteiger partial charge is 0.497 e. The maximum absolute atomic E-state index is 5.99. The van der Waals surface area contributed by atoms with Crippen molar-refractivity contribution in [2.45, 2.75) is 19.1 Å². The zero-order chi connectivity index (χ0) is 18.5. The monoisotopic (exact) mass is 363 g/mol. The summed E-state index contributed by atoms with van der Waals surface area (Å²) in [6.07, 6.45) is 5.21. The van der Waals surface area contributed by atoms with Crippen LogP contribution >= 0.6 is 0 Å². The van der Waals surface area contributed by atoms with Crippen molar-refractivity contribution in [3.63, 3.8) is 0 Å². The molecule has 4 rings (SSSR count). The summed E-state index contributed by atoms with van der Waals surface area (Å²) in [7, 11) is 1.69. The molecule has 0 amide bonds. The molecule has 0 aliphatic carbocycles. The van der Waals surface area contributed by atoms with E-state index in [4.69, 9.17) is 9.47 Å². The van der Waals surface area contributed by atoms with E-state index in [1.54, 1.807) is 7.11 Å². The van der Waals surface area contributed by atoms with Gasteiger partial charge in [-0.1, -0.05) is 30.3 Å². The van der Waals surface area contributed by atoms with Crippen molar-refractivity contribution in [3.05, 3.63) is 78.1 Å². The smallest absolute Gasteiger partial charge is 0.118 e. The van der Waals surface area contributed by atoms with E-state index in [1.807, 2.05) is 41.2 Å². The van der Waals surface area contributed by atoms with Crippen LogP contribution in [0.1, 0.15) is 11.1 Å². The van der Waals surface area contributed by atoms with E-state index in [0.29, 0.717) is 0 Å². The van der Waals surface area contributed by atoms with Crippen LogP contribution in [0.3, 0.4) is 0 Å². The first kappa shape index (κ1) is 17.8. The zero-order valence-electron chi connectivity index (χ0n) is 15.6. The molecule has 1 fully saturated rings. The molecule has 1 aromatic heterocycles. The first-order valence-corrected chi connectivity index (χ1v) is 9.36. The highest BCUT2D eigenvalue weighted by molar-refractivity contribution is 5.31. The van der Waals surface area contributed by atoms with Gasteiger partial charge in [0.05, 0.1) is 31.7 Å². The lowest BCUT2D eigenvalue weighted by Gasteiger charge is -2.32. The Hall–Kier alpha value is -2.63. The van der Waals surface area contributed by atoms with Crippen LogP contribution in [0.2, 0.25) is 0 Å². The molecular formula is C22H25N3O2. The van der Waals surface area contributed by atoms with Crippen LogP contribution in [0.25, 0.3) is 5.69 Å². The summed E-state index contributed by atoms with van der Waals surface area (Å²) in [6, 6.07) is 18.5. The van der Waals surface area contributed by atoms with Crippen molar-refractivity contribution in [1.82, 2.24) is 14.7 Å². The summed E-state index contributed by atoms with van der Waals surface area (Å²) >= 11 is 0. The Bertz CT molecular complexity index is 846. The van der Waals surface area contributed by atoms with Crippen molar-refractivity contribution in [2.24, 2.45) is 0 Å². The van der Waals surface area contributed by atoms with Gasteiger partial charge in [-0.15, -0.1) is 0 Å². The standard InChI is InChI=1S/C22H25N3O2/c1-26-21-9-7-18(8-10-21)13-22-17-24(11-12-27-22)15-19-14-23-25(16-19)20-5-3-2-4-6-20/h2-10,14,16,22H,11-13,15,17H2,1H3/t22-/m1/s1. The van der Waals surface area contributed by atoms with E-state index >= 15 is 0 Å². The number of nitrogens with zero attached hydrogens (tertiary/aromatic N) is 3. The second-order valence-electron chi connectivity index (χ2n) is 6.91. The van der Waals surface area contributed by atoms with Gasteiger partial charge in [-0.3, -0.25) is 4.90 Å². The predicted octanol–water partition coefficient (Wildman–Crippen LogP) is 3.32. The second-order valence-corrected chi connectivity index (χ2v) is 6.91. The van der Waals surface area contributed by atoms with Gasteiger partial charge in [-0.25, -0.2) is 4.68 Å². The Morgan fingerprint density at radius 2 is 1.89 bits per heavy atom. The van der Waals surface area contributed by atoms with Gasteiger partial charge in [0.25, 0.3) is 0 Å². The van der Waals surface area contributed by atoms with E-state index in [1.165, 1.54) is 11.1 Å². The molecular weight excluding hydrogens is 338 g/mol. The van der Waals surface area contributed by atoms with Gasteiger partial charge >= 0.3 is 0 Å². The molecule has 0 spiro atoms. The molecule has 5 heteroatoms. The molecule has 27 heavy (non-hydrogen) atoms. The van der Waals surface area contributed by atoms with Crippen LogP contribution in [0.5, 0.6) is 5.75 Å². The quantitative estimate of drug-likeness (QED) is 0.674. The van der Waals surface area contributed by atoms with Crippen molar-refractivity contribution in [3.8, 4) is 11.4 Å². The molecule has 5 nitrogen and oxygen atoms in total. The maximum atomic E-state index is 5.99. The fraction of sp³-hybridized carbons (Fsp3) is 0.318. The maximum Gasteiger partial charge on any atom is 0.118 e. The van der Waals surface area contributed by atoms with E-state index < -0.39 is 0 Å². The van der Waals surface area contributed by atoms with Gasteiger partial charge in [0.2, 0.25) is 0 Å². The van der Waals surface area contributed by atoms with E-state index in [9.17, 15) is 0 Å². The third-order valence-corrected chi connectivity index (χ3v) is 4.91. The molecule has 2 heterocycles. The number of aromatic nitrogens is 2. The first-order chi connectivity index (χ1) is 13.3. The summed E-state index contributed by atoms with van der Waals surface area (Å²) in [4.78, 5) is 2.45. The number of ether oxygens (including phenoxy) is 2. The number of hydrogen-bond acceptors (Lipinski definition) is 4. The average Bonchev–Trinajstić information content (AvgIpc) is 3.18. The topological polar surface area (TPSA) is 39.5 Å². The predicted molar refractivity (Wildman–Crippen MR) is 105 cm³/mol. The number of para-hydroxylation sites is 1. The normalized spacial score (nSPS) is 17.7. The fourth-order valence-corrected chi connectivity index (χ4v) is 3.49. The number of methoxy groups -OCH3 is 1. The molecule has 0 N–H and O–H groups in total. The molecule has 0 saturated carbocycles. The molecule has 0 radical (unpaired) electrons. The molecule has 2 aromatic carbocycles. The minimum Gasteiger partial charge on any atom is -0.497 e. The minimum absolute atomic E-state index is 0.219. The summed E-state index contributed by atoms with van der Waals surface area (Å²) in [5, 5.41) is 4.50.